The second kappa shape index (κ2) is 5.94. The number of benzene rings is 1. The monoisotopic (exact) mass is 266 g/mol. The number of hydrogen-bond acceptors (Lipinski definition) is 6. The molecule has 19 heavy (non-hydrogen) atoms. The number of nitro benzene ring substituents is 1. The molecule has 7 nitrogen and oxygen atoms in total. The minimum absolute atomic E-state index is 0.242. The number of carbonyl (C=O) groups is 2. The third kappa shape index (κ3) is 3.77. The smallest absolute Gasteiger partial charge is 0.314 e. The highest BCUT2D eigenvalue weighted by Crippen LogP contribution is 2.33. The number of nitrogens with zero attached hydrogens (tertiary/aromatic N) is 1. The van der Waals surface area contributed by atoms with Gasteiger partial charge in [0.15, 0.2) is 0 Å². The van der Waals surface area contributed by atoms with Crippen molar-refractivity contribution in [1.82, 2.24) is 0 Å². The van der Waals surface area contributed by atoms with Crippen molar-refractivity contribution < 1.29 is 24.4 Å². The van der Waals surface area contributed by atoms with Crippen molar-refractivity contribution in [2.75, 3.05) is 0 Å². The third-order valence-corrected chi connectivity index (χ3v) is 2.38. The average molecular weight is 266 g/mol. The van der Waals surface area contributed by atoms with Crippen molar-refractivity contribution >= 4 is 17.6 Å². The van der Waals surface area contributed by atoms with Crippen LogP contribution in [0.3, 0.4) is 0 Å². The SMILES string of the molecule is CCc1cc(CC(=O)[O-])cc(OC(C)=O)c1[N+](=O)[O-]. The summed E-state index contributed by atoms with van der Waals surface area (Å²) < 4.78 is 4.78. The van der Waals surface area contributed by atoms with E-state index in [1.165, 1.54) is 12.1 Å². The maximum Gasteiger partial charge on any atom is 0.314 e. The summed E-state index contributed by atoms with van der Waals surface area (Å²) in [6, 6.07) is 2.58. The Morgan fingerprint density at radius 1 is 1.37 bits per heavy atom. The topological polar surface area (TPSA) is 110 Å². The predicted molar refractivity (Wildman–Crippen MR) is 62.5 cm³/mol. The Labute approximate surface area is 109 Å². The number of ether oxygens (including phenoxy) is 1. The van der Waals surface area contributed by atoms with Gasteiger partial charge in [-0.1, -0.05) is 6.92 Å². The van der Waals surface area contributed by atoms with E-state index in [-0.39, 0.29) is 11.4 Å². The fourth-order valence-electron chi connectivity index (χ4n) is 1.71. The molecule has 0 aliphatic carbocycles. The normalized spacial score (nSPS) is 10.0. The lowest BCUT2D eigenvalue weighted by Gasteiger charge is -2.10. The molecule has 0 amide bonds. The van der Waals surface area contributed by atoms with Crippen LogP contribution in [0, 0.1) is 10.1 Å². The van der Waals surface area contributed by atoms with Gasteiger partial charge in [-0.3, -0.25) is 14.9 Å². The second-order valence-corrected chi connectivity index (χ2v) is 3.85. The van der Waals surface area contributed by atoms with Gasteiger partial charge in [0.05, 0.1) is 4.92 Å². The van der Waals surface area contributed by atoms with Gasteiger partial charge in [-0.2, -0.15) is 0 Å². The van der Waals surface area contributed by atoms with Crippen molar-refractivity contribution in [3.8, 4) is 5.75 Å². The summed E-state index contributed by atoms with van der Waals surface area (Å²) >= 11 is 0. The minimum Gasteiger partial charge on any atom is -0.550 e. The van der Waals surface area contributed by atoms with Crippen LogP contribution >= 0.6 is 0 Å². The number of nitro groups is 1. The van der Waals surface area contributed by atoms with Crippen LogP contribution in [0.25, 0.3) is 0 Å². The van der Waals surface area contributed by atoms with Gasteiger partial charge >= 0.3 is 11.7 Å². The second-order valence-electron chi connectivity index (χ2n) is 3.85. The molecule has 0 unspecified atom stereocenters. The third-order valence-electron chi connectivity index (χ3n) is 2.38. The molecule has 0 N–H and O–H groups in total. The molecule has 0 saturated heterocycles. The van der Waals surface area contributed by atoms with E-state index < -0.39 is 23.3 Å². The largest absolute Gasteiger partial charge is 0.550 e. The molecule has 0 aliphatic rings. The zero-order valence-electron chi connectivity index (χ0n) is 10.5. The van der Waals surface area contributed by atoms with Gasteiger partial charge in [-0.05, 0) is 24.1 Å². The average Bonchev–Trinajstić information content (AvgIpc) is 2.25. The fraction of sp³-hybridized carbons (Fsp3) is 0.333. The Morgan fingerprint density at radius 3 is 2.42 bits per heavy atom. The molecule has 0 saturated carbocycles. The Morgan fingerprint density at radius 2 is 2.00 bits per heavy atom. The van der Waals surface area contributed by atoms with Crippen molar-refractivity contribution in [2.24, 2.45) is 0 Å². The Hall–Kier alpha value is -2.44. The molecule has 0 atom stereocenters. The lowest BCUT2D eigenvalue weighted by Crippen LogP contribution is -2.24. The van der Waals surface area contributed by atoms with Crippen molar-refractivity contribution in [3.63, 3.8) is 0 Å². The predicted octanol–water partition coefficient (Wildman–Crippen LogP) is 0.375. The highest BCUT2D eigenvalue weighted by Gasteiger charge is 2.22. The number of hydrogen-bond donors (Lipinski definition) is 0. The molecule has 0 bridgehead atoms. The van der Waals surface area contributed by atoms with Crippen LogP contribution in [0.1, 0.15) is 25.0 Å². The fourth-order valence-corrected chi connectivity index (χ4v) is 1.71. The first kappa shape index (κ1) is 14.6. The Balaban J connectivity index is 3.39. The molecule has 0 fully saturated rings. The Bertz CT molecular complexity index is 537. The van der Waals surface area contributed by atoms with E-state index in [9.17, 15) is 24.8 Å². The number of carboxylic acids is 1. The lowest BCUT2D eigenvalue weighted by atomic mass is 10.0. The molecule has 0 aromatic heterocycles. The highest BCUT2D eigenvalue weighted by molar-refractivity contribution is 5.73. The first-order valence-electron chi connectivity index (χ1n) is 5.53. The highest BCUT2D eigenvalue weighted by atomic mass is 16.6. The van der Waals surface area contributed by atoms with Crippen LogP contribution in [0.15, 0.2) is 12.1 Å². The minimum atomic E-state index is -1.32. The van der Waals surface area contributed by atoms with Crippen molar-refractivity contribution in [3.05, 3.63) is 33.4 Å². The maximum absolute atomic E-state index is 11.0. The molecular weight excluding hydrogens is 254 g/mol. The summed E-state index contributed by atoms with van der Waals surface area (Å²) in [5.41, 5.74) is 0.276. The van der Waals surface area contributed by atoms with E-state index >= 15 is 0 Å². The molecular formula is C12H12NO6-. The standard InChI is InChI=1S/C12H13NO6/c1-3-9-4-8(6-11(15)16)5-10(19-7(2)14)12(9)13(17)18/h4-5H,3,6H2,1-2H3,(H,15,16)/p-1. The van der Waals surface area contributed by atoms with Crippen LogP contribution in [0.2, 0.25) is 0 Å². The van der Waals surface area contributed by atoms with Crippen LogP contribution < -0.4 is 9.84 Å². The first-order chi connectivity index (χ1) is 8.85. The zero-order chi connectivity index (χ0) is 14.6. The van der Waals surface area contributed by atoms with E-state index in [2.05, 4.69) is 0 Å². The number of aryl methyl sites for hydroxylation is 1. The van der Waals surface area contributed by atoms with E-state index in [1.807, 2.05) is 0 Å². The summed E-state index contributed by atoms with van der Waals surface area (Å²) in [6.45, 7) is 2.80. The number of esters is 1. The van der Waals surface area contributed by atoms with Gasteiger partial charge in [-0.25, -0.2) is 0 Å². The summed E-state index contributed by atoms with van der Waals surface area (Å²) in [5.74, 6) is -2.27. The molecule has 1 rings (SSSR count). The zero-order valence-corrected chi connectivity index (χ0v) is 10.5. The molecule has 1 aromatic carbocycles. The number of carboxylic acid groups (broad SMARTS) is 1. The molecule has 1 aromatic rings. The molecule has 7 heteroatoms. The van der Waals surface area contributed by atoms with Gasteiger partial charge in [-0.15, -0.1) is 0 Å². The van der Waals surface area contributed by atoms with Gasteiger partial charge < -0.3 is 14.6 Å². The van der Waals surface area contributed by atoms with Crippen LogP contribution in [-0.2, 0) is 22.4 Å². The Kier molecular flexibility index (Phi) is 4.57. The van der Waals surface area contributed by atoms with Gasteiger partial charge in [0, 0.05) is 24.9 Å². The van der Waals surface area contributed by atoms with Gasteiger partial charge in [0.25, 0.3) is 0 Å². The van der Waals surface area contributed by atoms with E-state index in [1.54, 1.807) is 6.92 Å². The van der Waals surface area contributed by atoms with Crippen LogP contribution in [-0.4, -0.2) is 16.9 Å². The number of carbonyl (C=O) groups excluding carboxylic acids is 2. The van der Waals surface area contributed by atoms with E-state index in [4.69, 9.17) is 4.74 Å². The summed E-state index contributed by atoms with van der Waals surface area (Å²) in [7, 11) is 0. The molecule has 0 radical (unpaired) electrons. The molecule has 0 spiro atoms. The number of rotatable bonds is 5. The van der Waals surface area contributed by atoms with Gasteiger partial charge in [0.2, 0.25) is 5.75 Å². The van der Waals surface area contributed by atoms with E-state index in [0.29, 0.717) is 17.5 Å². The summed E-state index contributed by atoms with van der Waals surface area (Å²) in [4.78, 5) is 31.9. The lowest BCUT2D eigenvalue weighted by molar-refractivity contribution is -0.386. The summed E-state index contributed by atoms with van der Waals surface area (Å²) in [5, 5.41) is 21.6. The molecule has 102 valence electrons. The number of aliphatic carboxylic acids is 1. The molecule has 0 heterocycles. The quantitative estimate of drug-likeness (QED) is 0.329. The van der Waals surface area contributed by atoms with Crippen LogP contribution in [0.4, 0.5) is 5.69 Å². The first-order valence-corrected chi connectivity index (χ1v) is 5.53. The van der Waals surface area contributed by atoms with Crippen molar-refractivity contribution in [2.45, 2.75) is 26.7 Å². The van der Waals surface area contributed by atoms with Crippen LogP contribution in [0.5, 0.6) is 5.75 Å². The van der Waals surface area contributed by atoms with Gasteiger partial charge in [0.1, 0.15) is 0 Å². The maximum atomic E-state index is 11.0. The summed E-state index contributed by atoms with van der Waals surface area (Å²) in [6.07, 6.45) is -0.0925. The van der Waals surface area contributed by atoms with E-state index in [0.717, 1.165) is 6.92 Å². The molecule has 0 aliphatic heterocycles. The van der Waals surface area contributed by atoms with Crippen molar-refractivity contribution in [1.29, 1.82) is 0 Å².